The van der Waals surface area contributed by atoms with Gasteiger partial charge in [0.25, 0.3) is 5.91 Å². The summed E-state index contributed by atoms with van der Waals surface area (Å²) in [5.41, 5.74) is 3.68. The number of alkyl carbamates (subject to hydrolysis) is 1. The van der Waals surface area contributed by atoms with Gasteiger partial charge in [0.2, 0.25) is 5.95 Å². The van der Waals surface area contributed by atoms with Crippen molar-refractivity contribution in [2.24, 2.45) is 34.0 Å². The number of Topliss-reactive ketones (excluding diaryl/α,β-unsaturated/α-hetero) is 1. The monoisotopic (exact) mass is 514 g/mol. The second kappa shape index (κ2) is 9.16. The third-order valence-electron chi connectivity index (χ3n) is 9.90. The highest BCUT2D eigenvalue weighted by atomic mass is 16.6. The summed E-state index contributed by atoms with van der Waals surface area (Å²) in [5.74, 6) is -2.10. The Morgan fingerprint density at radius 3 is 2.54 bits per heavy atom. The molecule has 3 saturated carbocycles. The topological polar surface area (TPSA) is 165 Å². The summed E-state index contributed by atoms with van der Waals surface area (Å²) >= 11 is 0. The summed E-state index contributed by atoms with van der Waals surface area (Å²) in [6, 6.07) is 1.40. The normalized spacial score (nSPS) is 41.2. The van der Waals surface area contributed by atoms with Crippen LogP contribution in [0.2, 0.25) is 0 Å². The van der Waals surface area contributed by atoms with Crippen LogP contribution >= 0.6 is 0 Å². The standard InChI is InChI=1S/C27H38N4O6/c1-7-25(5)12-18(37-24(36)31-22(35)16-10-14(3)29-23(28)30-16)26(6)13(2)8-9-27(15(4)21(25)34)11-17(32)19(33)20(26)27/h7,10,13,15,17-18,20-21,32,34H,1,8-9,11-12H2,2-6H3,(H2,28,29,30)(H,31,35,36)/t13?,15-,17-,18+,20?,21-,25+,26-,27-/m0/s1. The molecule has 2 unspecified atom stereocenters. The minimum absolute atomic E-state index is 0.0332. The van der Waals surface area contributed by atoms with Gasteiger partial charge in [-0.1, -0.05) is 33.8 Å². The molecule has 5 N–H and O–H groups in total. The number of anilines is 1. The van der Waals surface area contributed by atoms with E-state index in [0.29, 0.717) is 12.1 Å². The molecule has 3 fully saturated rings. The smallest absolute Gasteiger partial charge is 0.414 e. The van der Waals surface area contributed by atoms with Crippen molar-refractivity contribution in [3.63, 3.8) is 0 Å². The number of aryl methyl sites for hydroxylation is 1. The highest BCUT2D eigenvalue weighted by Crippen LogP contribution is 2.68. The molecule has 9 atom stereocenters. The van der Waals surface area contributed by atoms with Crippen LogP contribution in [0.15, 0.2) is 18.7 Å². The van der Waals surface area contributed by atoms with E-state index in [1.165, 1.54) is 6.07 Å². The fourth-order valence-corrected chi connectivity index (χ4v) is 7.51. The first-order valence-corrected chi connectivity index (χ1v) is 12.9. The number of hydrogen-bond donors (Lipinski definition) is 4. The Bertz CT molecular complexity index is 1120. The van der Waals surface area contributed by atoms with Crippen LogP contribution in [-0.2, 0) is 9.53 Å². The molecule has 3 aliphatic rings. The Hall–Kier alpha value is -2.85. The number of nitrogens with zero attached hydrogens (tertiary/aromatic N) is 2. The van der Waals surface area contributed by atoms with Gasteiger partial charge < -0.3 is 20.7 Å². The van der Waals surface area contributed by atoms with Crippen molar-refractivity contribution in [2.75, 3.05) is 5.73 Å². The maximum absolute atomic E-state index is 13.5. The molecule has 2 amide bonds. The van der Waals surface area contributed by atoms with Crippen LogP contribution in [-0.4, -0.2) is 56.3 Å². The molecular weight excluding hydrogens is 476 g/mol. The summed E-state index contributed by atoms with van der Waals surface area (Å²) < 4.78 is 5.97. The number of imide groups is 1. The van der Waals surface area contributed by atoms with E-state index in [0.717, 1.165) is 6.42 Å². The minimum Gasteiger partial charge on any atom is -0.445 e. The van der Waals surface area contributed by atoms with Gasteiger partial charge in [-0.15, -0.1) is 6.58 Å². The van der Waals surface area contributed by atoms with Crippen LogP contribution in [0.5, 0.6) is 0 Å². The fourth-order valence-electron chi connectivity index (χ4n) is 7.51. The lowest BCUT2D eigenvalue weighted by Crippen LogP contribution is -2.63. The molecule has 0 spiro atoms. The number of ketones is 1. The van der Waals surface area contributed by atoms with Crippen LogP contribution < -0.4 is 11.1 Å². The molecule has 202 valence electrons. The molecule has 0 saturated heterocycles. The minimum atomic E-state index is -1.14. The number of aliphatic hydroxyl groups is 2. The number of ether oxygens (including phenoxy) is 1. The molecule has 0 aromatic carbocycles. The number of rotatable bonds is 3. The third-order valence-corrected chi connectivity index (χ3v) is 9.90. The first-order chi connectivity index (χ1) is 17.2. The summed E-state index contributed by atoms with van der Waals surface area (Å²) in [4.78, 5) is 47.2. The number of amides is 2. The van der Waals surface area contributed by atoms with Gasteiger partial charge in [0, 0.05) is 22.4 Å². The molecular formula is C27H38N4O6. The third kappa shape index (κ3) is 4.14. The van der Waals surface area contributed by atoms with Crippen LogP contribution in [0.4, 0.5) is 10.7 Å². The zero-order valence-corrected chi connectivity index (χ0v) is 22.2. The Kier molecular flexibility index (Phi) is 6.73. The zero-order valence-electron chi connectivity index (χ0n) is 22.2. The van der Waals surface area contributed by atoms with Crippen LogP contribution in [0.3, 0.4) is 0 Å². The van der Waals surface area contributed by atoms with Gasteiger partial charge in [-0.25, -0.2) is 14.8 Å². The van der Waals surface area contributed by atoms with Gasteiger partial charge in [-0.3, -0.25) is 14.9 Å². The first kappa shape index (κ1) is 27.2. The second-order valence-corrected chi connectivity index (χ2v) is 11.8. The van der Waals surface area contributed by atoms with Crippen molar-refractivity contribution >= 4 is 23.7 Å². The maximum atomic E-state index is 13.5. The average molecular weight is 515 g/mol. The lowest BCUT2D eigenvalue weighted by molar-refractivity contribution is -0.191. The quantitative estimate of drug-likeness (QED) is 0.444. The molecule has 0 aliphatic heterocycles. The number of aromatic nitrogens is 2. The molecule has 1 heterocycles. The molecule has 2 bridgehead atoms. The summed E-state index contributed by atoms with van der Waals surface area (Å²) in [5, 5.41) is 24.6. The van der Waals surface area contributed by atoms with Gasteiger partial charge in [-0.2, -0.15) is 0 Å². The van der Waals surface area contributed by atoms with Gasteiger partial charge in [0.15, 0.2) is 5.78 Å². The van der Waals surface area contributed by atoms with Crippen LogP contribution in [0.25, 0.3) is 0 Å². The lowest BCUT2D eigenvalue weighted by Gasteiger charge is -2.61. The number of carbonyl (C=O) groups is 3. The number of aliphatic hydroxyl groups excluding tert-OH is 2. The van der Waals surface area contributed by atoms with E-state index in [2.05, 4.69) is 21.9 Å². The van der Waals surface area contributed by atoms with E-state index in [1.54, 1.807) is 13.0 Å². The molecule has 4 rings (SSSR count). The summed E-state index contributed by atoms with van der Waals surface area (Å²) in [6.45, 7) is 13.4. The Morgan fingerprint density at radius 2 is 1.92 bits per heavy atom. The molecule has 1 aromatic heterocycles. The number of nitrogen functional groups attached to an aromatic ring is 1. The van der Waals surface area contributed by atoms with Crippen LogP contribution in [0, 0.1) is 40.9 Å². The number of hydrogen-bond acceptors (Lipinski definition) is 9. The predicted octanol–water partition coefficient (Wildman–Crippen LogP) is 2.57. The van der Waals surface area contributed by atoms with Crippen molar-refractivity contribution in [3.8, 4) is 0 Å². The lowest BCUT2D eigenvalue weighted by atomic mass is 9.44. The van der Waals surface area contributed by atoms with E-state index in [9.17, 15) is 24.6 Å². The van der Waals surface area contributed by atoms with Gasteiger partial charge in [0.05, 0.1) is 6.10 Å². The summed E-state index contributed by atoms with van der Waals surface area (Å²) in [6.07, 6.45) is -0.314. The second-order valence-electron chi connectivity index (χ2n) is 11.8. The number of nitrogens with two attached hydrogens (primary N) is 1. The van der Waals surface area contributed by atoms with Gasteiger partial charge >= 0.3 is 6.09 Å². The Balaban J connectivity index is 1.73. The predicted molar refractivity (Wildman–Crippen MR) is 135 cm³/mol. The zero-order chi connectivity index (χ0) is 27.5. The SMILES string of the molecule is C=C[C@]1(C)C[C@@H](OC(=O)NC(=O)c2cc(C)nc(N)n2)[C@]2(C)C(C)CC[C@]3(C[C@H](O)C(=O)C32)[C@@H](C)[C@@H]1O. The van der Waals surface area contributed by atoms with E-state index in [1.807, 2.05) is 27.7 Å². The van der Waals surface area contributed by atoms with Gasteiger partial charge in [0.1, 0.15) is 17.9 Å². The molecule has 10 heteroatoms. The average Bonchev–Trinajstić information content (AvgIpc) is 3.10. The van der Waals surface area contributed by atoms with E-state index < -0.39 is 52.5 Å². The van der Waals surface area contributed by atoms with Crippen molar-refractivity contribution in [1.29, 1.82) is 0 Å². The molecule has 37 heavy (non-hydrogen) atoms. The molecule has 1 aromatic rings. The first-order valence-electron chi connectivity index (χ1n) is 12.9. The van der Waals surface area contributed by atoms with E-state index in [4.69, 9.17) is 10.5 Å². The number of nitrogens with one attached hydrogen (secondary N) is 1. The maximum Gasteiger partial charge on any atom is 0.414 e. The molecule has 3 aliphatic carbocycles. The highest BCUT2D eigenvalue weighted by Gasteiger charge is 2.70. The summed E-state index contributed by atoms with van der Waals surface area (Å²) in [7, 11) is 0. The van der Waals surface area contributed by atoms with Crippen molar-refractivity contribution in [2.45, 2.75) is 78.6 Å². The van der Waals surface area contributed by atoms with E-state index in [-0.39, 0.29) is 42.1 Å². The molecule has 10 nitrogen and oxygen atoms in total. The van der Waals surface area contributed by atoms with Gasteiger partial charge in [-0.05, 0) is 55.9 Å². The fraction of sp³-hybridized carbons (Fsp3) is 0.667. The molecule has 0 radical (unpaired) electrons. The van der Waals surface area contributed by atoms with Crippen molar-refractivity contribution in [1.82, 2.24) is 15.3 Å². The Labute approximate surface area is 217 Å². The van der Waals surface area contributed by atoms with Crippen LogP contribution in [0.1, 0.15) is 69.6 Å². The van der Waals surface area contributed by atoms with E-state index >= 15 is 0 Å². The Morgan fingerprint density at radius 1 is 1.24 bits per heavy atom. The van der Waals surface area contributed by atoms with Crippen molar-refractivity contribution in [3.05, 3.63) is 30.1 Å². The largest absolute Gasteiger partial charge is 0.445 e. The number of carbonyl (C=O) groups excluding carboxylic acids is 3. The van der Waals surface area contributed by atoms with Crippen molar-refractivity contribution < 1.29 is 29.3 Å². The highest BCUT2D eigenvalue weighted by molar-refractivity contribution is 6.01.